The van der Waals surface area contributed by atoms with Crippen molar-refractivity contribution >= 4 is 33.2 Å². The molecule has 0 bridgehead atoms. The maximum Gasteiger partial charge on any atom is 0.258 e. The molecular weight excluding hydrogens is 424 g/mol. The fourth-order valence-corrected chi connectivity index (χ4v) is 4.09. The third kappa shape index (κ3) is 5.69. The van der Waals surface area contributed by atoms with Gasteiger partial charge in [0.1, 0.15) is 0 Å². The highest BCUT2D eigenvalue weighted by Crippen LogP contribution is 2.18. The molecule has 30 heavy (non-hydrogen) atoms. The summed E-state index contributed by atoms with van der Waals surface area (Å²) in [4.78, 5) is 12.7. The molecule has 0 aliphatic rings. The van der Waals surface area contributed by atoms with Crippen molar-refractivity contribution in [3.05, 3.63) is 77.1 Å². The molecule has 2 N–H and O–H groups in total. The number of sulfonamides is 1. The third-order valence-corrected chi connectivity index (χ3v) is 6.24. The van der Waals surface area contributed by atoms with Crippen molar-refractivity contribution in [2.24, 2.45) is 0 Å². The van der Waals surface area contributed by atoms with Gasteiger partial charge in [-0.15, -0.1) is 0 Å². The van der Waals surface area contributed by atoms with Crippen LogP contribution in [0, 0.1) is 0 Å². The standard InChI is InChI=1S/C21H23ClN4O3S/c1-2-3-11-24-30(28,29)19-9-6-8-18(12-19)25-21(27)17-13-23-26(15-17)14-16-7-4-5-10-20(16)22/h4-10,12-13,15,24H,2-3,11,14H2,1H3,(H,25,27). The first kappa shape index (κ1) is 22.0. The van der Waals surface area contributed by atoms with Crippen molar-refractivity contribution in [3.8, 4) is 0 Å². The second-order valence-corrected chi connectivity index (χ2v) is 8.93. The summed E-state index contributed by atoms with van der Waals surface area (Å²) in [6.45, 7) is 2.80. The summed E-state index contributed by atoms with van der Waals surface area (Å²) in [5, 5.41) is 7.55. The number of halogens is 1. The number of aromatic nitrogens is 2. The van der Waals surface area contributed by atoms with Gasteiger partial charge in [0, 0.05) is 23.5 Å². The van der Waals surface area contributed by atoms with Gasteiger partial charge in [-0.05, 0) is 36.2 Å². The first-order chi connectivity index (χ1) is 14.4. The Morgan fingerprint density at radius 3 is 2.73 bits per heavy atom. The highest BCUT2D eigenvalue weighted by Gasteiger charge is 2.15. The van der Waals surface area contributed by atoms with Crippen LogP contribution in [0.4, 0.5) is 5.69 Å². The van der Waals surface area contributed by atoms with E-state index in [2.05, 4.69) is 15.1 Å². The minimum absolute atomic E-state index is 0.103. The smallest absolute Gasteiger partial charge is 0.258 e. The molecule has 2 aromatic carbocycles. The predicted octanol–water partition coefficient (Wildman–Crippen LogP) is 3.92. The Hall–Kier alpha value is -2.68. The zero-order valence-corrected chi connectivity index (χ0v) is 18.1. The number of anilines is 1. The van der Waals surface area contributed by atoms with Crippen LogP contribution in [0.15, 0.2) is 65.8 Å². The summed E-state index contributed by atoms with van der Waals surface area (Å²) in [6.07, 6.45) is 4.72. The van der Waals surface area contributed by atoms with Crippen molar-refractivity contribution in [1.29, 1.82) is 0 Å². The molecule has 0 fully saturated rings. The molecule has 1 heterocycles. The summed E-state index contributed by atoms with van der Waals surface area (Å²) < 4.78 is 28.9. The van der Waals surface area contributed by atoms with Crippen molar-refractivity contribution < 1.29 is 13.2 Å². The summed E-state index contributed by atoms with van der Waals surface area (Å²) in [6, 6.07) is 13.6. The monoisotopic (exact) mass is 446 g/mol. The van der Waals surface area contributed by atoms with E-state index in [0.717, 1.165) is 18.4 Å². The first-order valence-electron chi connectivity index (χ1n) is 9.56. The topological polar surface area (TPSA) is 93.1 Å². The van der Waals surface area contributed by atoms with E-state index in [1.165, 1.54) is 18.3 Å². The van der Waals surface area contributed by atoms with Gasteiger partial charge < -0.3 is 5.32 Å². The number of carbonyl (C=O) groups is 1. The summed E-state index contributed by atoms with van der Waals surface area (Å²) in [5.74, 6) is -0.381. The fourth-order valence-electron chi connectivity index (χ4n) is 2.78. The molecular formula is C21H23ClN4O3S. The Labute approximate surface area is 181 Å². The van der Waals surface area contributed by atoms with Gasteiger partial charge in [-0.1, -0.05) is 49.2 Å². The number of hydrogen-bond donors (Lipinski definition) is 2. The number of hydrogen-bond acceptors (Lipinski definition) is 4. The number of amides is 1. The Morgan fingerprint density at radius 1 is 1.17 bits per heavy atom. The number of rotatable bonds is 9. The quantitative estimate of drug-likeness (QED) is 0.487. The van der Waals surface area contributed by atoms with Gasteiger partial charge in [-0.2, -0.15) is 5.10 Å². The molecule has 7 nitrogen and oxygen atoms in total. The Bertz CT molecular complexity index is 1130. The SMILES string of the molecule is CCCCNS(=O)(=O)c1cccc(NC(=O)c2cnn(Cc3ccccc3Cl)c2)c1. The Morgan fingerprint density at radius 2 is 1.97 bits per heavy atom. The van der Waals surface area contributed by atoms with Gasteiger partial charge >= 0.3 is 0 Å². The lowest BCUT2D eigenvalue weighted by Gasteiger charge is -2.09. The maximum atomic E-state index is 12.6. The molecule has 0 aliphatic carbocycles. The lowest BCUT2D eigenvalue weighted by Crippen LogP contribution is -2.24. The molecule has 0 spiro atoms. The van der Waals surface area contributed by atoms with E-state index in [1.54, 1.807) is 29.1 Å². The number of carbonyl (C=O) groups excluding carboxylic acids is 1. The van der Waals surface area contributed by atoms with E-state index >= 15 is 0 Å². The second kappa shape index (κ2) is 9.88. The average molecular weight is 447 g/mol. The van der Waals surface area contributed by atoms with E-state index in [1.807, 2.05) is 25.1 Å². The van der Waals surface area contributed by atoms with Crippen molar-refractivity contribution in [3.63, 3.8) is 0 Å². The molecule has 1 aromatic heterocycles. The summed E-state index contributed by atoms with van der Waals surface area (Å²) >= 11 is 6.17. The molecule has 158 valence electrons. The Balaban J connectivity index is 1.68. The molecule has 0 unspecified atom stereocenters. The molecule has 0 saturated heterocycles. The number of nitrogens with one attached hydrogen (secondary N) is 2. The minimum atomic E-state index is -3.62. The van der Waals surface area contributed by atoms with E-state index < -0.39 is 10.0 Å². The molecule has 1 amide bonds. The highest BCUT2D eigenvalue weighted by atomic mass is 35.5. The van der Waals surface area contributed by atoms with Crippen molar-refractivity contribution in [1.82, 2.24) is 14.5 Å². The fraction of sp³-hybridized carbons (Fsp3) is 0.238. The number of nitrogens with zero attached hydrogens (tertiary/aromatic N) is 2. The van der Waals surface area contributed by atoms with Crippen LogP contribution in [-0.4, -0.2) is 30.7 Å². The van der Waals surface area contributed by atoms with Crippen LogP contribution >= 0.6 is 11.6 Å². The Kier molecular flexibility index (Phi) is 7.25. The van der Waals surface area contributed by atoms with Crippen LogP contribution in [0.25, 0.3) is 0 Å². The van der Waals surface area contributed by atoms with Crippen LogP contribution < -0.4 is 10.0 Å². The molecule has 0 aliphatic heterocycles. The van der Waals surface area contributed by atoms with E-state index in [9.17, 15) is 13.2 Å². The molecule has 9 heteroatoms. The zero-order chi connectivity index (χ0) is 21.6. The lowest BCUT2D eigenvalue weighted by atomic mass is 10.2. The summed E-state index contributed by atoms with van der Waals surface area (Å²) in [7, 11) is -3.62. The number of benzene rings is 2. The van der Waals surface area contributed by atoms with Gasteiger partial charge in [0.15, 0.2) is 0 Å². The van der Waals surface area contributed by atoms with Crippen LogP contribution in [0.1, 0.15) is 35.7 Å². The largest absolute Gasteiger partial charge is 0.322 e. The number of unbranched alkanes of at least 4 members (excludes halogenated alkanes) is 1. The molecule has 0 radical (unpaired) electrons. The van der Waals surface area contributed by atoms with Crippen LogP contribution in [0.2, 0.25) is 5.02 Å². The molecule has 3 aromatic rings. The van der Waals surface area contributed by atoms with Gasteiger partial charge in [0.05, 0.1) is 23.2 Å². The maximum absolute atomic E-state index is 12.6. The second-order valence-electron chi connectivity index (χ2n) is 6.75. The molecule has 3 rings (SSSR count). The van der Waals surface area contributed by atoms with Gasteiger partial charge in [-0.25, -0.2) is 13.1 Å². The van der Waals surface area contributed by atoms with E-state index in [-0.39, 0.29) is 10.8 Å². The van der Waals surface area contributed by atoms with Gasteiger partial charge in [0.2, 0.25) is 10.0 Å². The van der Waals surface area contributed by atoms with Crippen LogP contribution in [0.5, 0.6) is 0 Å². The van der Waals surface area contributed by atoms with Crippen LogP contribution in [-0.2, 0) is 16.6 Å². The lowest BCUT2D eigenvalue weighted by molar-refractivity contribution is 0.102. The van der Waals surface area contributed by atoms with Gasteiger partial charge in [-0.3, -0.25) is 9.48 Å². The average Bonchev–Trinajstić information content (AvgIpc) is 3.19. The highest BCUT2D eigenvalue weighted by molar-refractivity contribution is 7.89. The minimum Gasteiger partial charge on any atom is -0.322 e. The third-order valence-electron chi connectivity index (χ3n) is 4.41. The van der Waals surface area contributed by atoms with Crippen molar-refractivity contribution in [2.45, 2.75) is 31.2 Å². The van der Waals surface area contributed by atoms with E-state index in [4.69, 9.17) is 11.6 Å². The molecule has 0 saturated carbocycles. The summed E-state index contributed by atoms with van der Waals surface area (Å²) in [5.41, 5.74) is 1.64. The first-order valence-corrected chi connectivity index (χ1v) is 11.4. The molecule has 0 atom stereocenters. The van der Waals surface area contributed by atoms with Gasteiger partial charge in [0.25, 0.3) is 5.91 Å². The zero-order valence-electron chi connectivity index (χ0n) is 16.5. The van der Waals surface area contributed by atoms with Crippen molar-refractivity contribution in [2.75, 3.05) is 11.9 Å². The van der Waals surface area contributed by atoms with Crippen LogP contribution in [0.3, 0.4) is 0 Å². The normalized spacial score (nSPS) is 11.4. The predicted molar refractivity (Wildman–Crippen MR) is 117 cm³/mol. The van der Waals surface area contributed by atoms with E-state index in [0.29, 0.717) is 29.4 Å².